The lowest BCUT2D eigenvalue weighted by atomic mass is 9.44. The summed E-state index contributed by atoms with van der Waals surface area (Å²) in [6.07, 6.45) is 6.63. The molecule has 7 rings (SSSR count). The molecule has 228 valence electrons. The molecule has 0 bridgehead atoms. The van der Waals surface area contributed by atoms with E-state index in [1.54, 1.807) is 13.0 Å². The van der Waals surface area contributed by atoms with Crippen LogP contribution in [0.2, 0.25) is 0 Å². The number of aliphatic hydroxyl groups is 2. The molecule has 8 nitrogen and oxygen atoms in total. The Kier molecular flexibility index (Phi) is 6.29. The van der Waals surface area contributed by atoms with Crippen LogP contribution in [0.15, 0.2) is 66.5 Å². The molecular weight excluding hydrogens is 551 g/mol. The molecule has 0 amide bonds. The zero-order valence-electron chi connectivity index (χ0n) is 24.7. The number of Topliss-reactive ketones (excluding diaryl/α,β-unsaturated/α-hetero) is 1. The van der Waals surface area contributed by atoms with Gasteiger partial charge in [-0.15, -0.1) is 0 Å². The predicted molar refractivity (Wildman–Crippen MR) is 156 cm³/mol. The first kappa shape index (κ1) is 28.6. The number of nitrogens with zero attached hydrogens (tertiary/aromatic N) is 1. The minimum atomic E-state index is -2.03. The molecule has 0 radical (unpaired) electrons. The smallest absolute Gasteiger partial charge is 0.193 e. The minimum absolute atomic E-state index is 0.0185. The van der Waals surface area contributed by atoms with Gasteiger partial charge in [0.2, 0.25) is 0 Å². The van der Waals surface area contributed by atoms with Gasteiger partial charge >= 0.3 is 0 Å². The monoisotopic (exact) mass is 590 g/mol. The van der Waals surface area contributed by atoms with Gasteiger partial charge in [0.05, 0.1) is 18.2 Å². The molecular formula is C34H39FN2O6. The van der Waals surface area contributed by atoms with Crippen LogP contribution in [0.4, 0.5) is 10.1 Å². The van der Waals surface area contributed by atoms with Gasteiger partial charge in [-0.25, -0.2) is 4.39 Å². The number of halogens is 1. The molecule has 1 aliphatic heterocycles. The number of aliphatic hydroxyl groups excluding tert-OH is 2. The Bertz CT molecular complexity index is 1570. The number of hydrogen-bond acceptors (Lipinski definition) is 7. The van der Waals surface area contributed by atoms with Crippen molar-refractivity contribution in [3.05, 3.63) is 77.7 Å². The van der Waals surface area contributed by atoms with E-state index in [0.29, 0.717) is 30.5 Å². The molecule has 0 spiro atoms. The first-order valence-electron chi connectivity index (χ1n) is 15.2. The average Bonchev–Trinajstić information content (AvgIpc) is 3.67. The lowest BCUT2D eigenvalue weighted by Crippen LogP contribution is -2.69. The van der Waals surface area contributed by atoms with Crippen LogP contribution in [0, 0.1) is 22.7 Å². The van der Waals surface area contributed by atoms with E-state index in [2.05, 4.69) is 6.92 Å². The molecule has 4 aliphatic carbocycles. The van der Waals surface area contributed by atoms with E-state index in [4.69, 9.17) is 15.2 Å². The predicted octanol–water partition coefficient (Wildman–Crippen LogP) is 4.37. The van der Waals surface area contributed by atoms with Gasteiger partial charge in [0.25, 0.3) is 0 Å². The summed E-state index contributed by atoms with van der Waals surface area (Å²) in [5.41, 5.74) is 3.43. The molecule has 5 aliphatic rings. The maximum Gasteiger partial charge on any atom is 0.193 e. The highest BCUT2D eigenvalue weighted by Crippen LogP contribution is 2.72. The van der Waals surface area contributed by atoms with Gasteiger partial charge in [0.15, 0.2) is 29.1 Å². The third-order valence-electron chi connectivity index (χ3n) is 11.8. The number of hydrogen-bond donors (Lipinski definition) is 3. The number of carbonyl (C=O) groups is 2. The zero-order valence-corrected chi connectivity index (χ0v) is 24.7. The SMILES string of the molecule is C[C@H](c1cccc(N)c1)n1ccc([C@@H]2O[C@@H]3C[C@H]4[C@@H]5CCC6=CC(=O)C=C[C@]6(C)[C@@]5(F)[C@@H](O)C[C@]4(C)[C@]3(C(=O)CO)O2)c1. The summed E-state index contributed by atoms with van der Waals surface area (Å²) in [4.78, 5) is 25.9. The van der Waals surface area contributed by atoms with E-state index in [-0.39, 0.29) is 24.2 Å². The van der Waals surface area contributed by atoms with Crippen LogP contribution in [0.5, 0.6) is 0 Å². The summed E-state index contributed by atoms with van der Waals surface area (Å²) in [5.74, 6) is -1.63. The number of allylic oxidation sites excluding steroid dienone is 4. The summed E-state index contributed by atoms with van der Waals surface area (Å²) < 4.78 is 32.7. The summed E-state index contributed by atoms with van der Waals surface area (Å²) in [6.45, 7) is 4.96. The highest BCUT2D eigenvalue weighted by molar-refractivity contribution is 6.01. The second-order valence-electron chi connectivity index (χ2n) is 13.6. The molecule has 1 aromatic heterocycles. The first-order valence-corrected chi connectivity index (χ1v) is 15.2. The molecule has 4 N–H and O–H groups in total. The Labute approximate surface area is 250 Å². The van der Waals surface area contributed by atoms with Crippen molar-refractivity contribution in [2.75, 3.05) is 12.3 Å². The molecule has 1 saturated heterocycles. The fraction of sp³-hybridized carbons (Fsp3) is 0.529. The number of carbonyl (C=O) groups excluding carboxylic acids is 2. The van der Waals surface area contributed by atoms with E-state index in [9.17, 15) is 19.8 Å². The Morgan fingerprint density at radius 1 is 1.26 bits per heavy atom. The topological polar surface area (TPSA) is 124 Å². The maximum atomic E-state index is 17.6. The van der Waals surface area contributed by atoms with Crippen LogP contribution in [0.25, 0.3) is 0 Å². The Morgan fingerprint density at radius 2 is 2.05 bits per heavy atom. The van der Waals surface area contributed by atoms with E-state index in [0.717, 1.165) is 11.1 Å². The van der Waals surface area contributed by atoms with E-state index in [1.807, 2.05) is 54.2 Å². The molecule has 1 aromatic carbocycles. The lowest BCUT2D eigenvalue weighted by Gasteiger charge is -2.62. The number of ether oxygens (including phenoxy) is 2. The molecule has 2 heterocycles. The third-order valence-corrected chi connectivity index (χ3v) is 11.8. The van der Waals surface area contributed by atoms with Gasteiger partial charge in [0.1, 0.15) is 6.61 Å². The van der Waals surface area contributed by atoms with E-state index in [1.165, 1.54) is 12.2 Å². The summed E-state index contributed by atoms with van der Waals surface area (Å²) in [7, 11) is 0. The molecule has 43 heavy (non-hydrogen) atoms. The second kappa shape index (κ2) is 9.44. The van der Waals surface area contributed by atoms with Crippen LogP contribution < -0.4 is 5.73 Å². The quantitative estimate of drug-likeness (QED) is 0.442. The Hall–Kier alpha value is -3.11. The van der Waals surface area contributed by atoms with Crippen LogP contribution >= 0.6 is 0 Å². The van der Waals surface area contributed by atoms with Crippen LogP contribution in [0.1, 0.15) is 69.9 Å². The summed E-state index contributed by atoms with van der Waals surface area (Å²) >= 11 is 0. The normalized spacial score (nSPS) is 42.0. The highest BCUT2D eigenvalue weighted by Gasteiger charge is 2.79. The summed E-state index contributed by atoms with van der Waals surface area (Å²) in [6, 6.07) is 9.56. The number of rotatable bonds is 5. The van der Waals surface area contributed by atoms with Gasteiger partial charge in [-0.1, -0.05) is 30.7 Å². The first-order chi connectivity index (χ1) is 20.4. The molecule has 3 saturated carbocycles. The van der Waals surface area contributed by atoms with E-state index >= 15 is 4.39 Å². The Morgan fingerprint density at radius 3 is 2.79 bits per heavy atom. The number of nitrogen functional groups attached to an aromatic ring is 1. The summed E-state index contributed by atoms with van der Waals surface area (Å²) in [5, 5.41) is 21.9. The van der Waals surface area contributed by atoms with Crippen molar-refractivity contribution >= 4 is 17.3 Å². The minimum Gasteiger partial charge on any atom is -0.399 e. The number of nitrogens with two attached hydrogens (primary N) is 1. The highest BCUT2D eigenvalue weighted by atomic mass is 19.1. The molecule has 0 unspecified atom stereocenters. The maximum absolute atomic E-state index is 17.6. The van der Waals surface area contributed by atoms with Crippen LogP contribution in [-0.4, -0.2) is 56.4 Å². The fourth-order valence-corrected chi connectivity index (χ4v) is 9.52. The number of alkyl halides is 1. The van der Waals surface area contributed by atoms with Crippen molar-refractivity contribution in [2.24, 2.45) is 22.7 Å². The van der Waals surface area contributed by atoms with Gasteiger partial charge < -0.3 is 30.0 Å². The number of aromatic nitrogens is 1. The van der Waals surface area contributed by atoms with Crippen molar-refractivity contribution in [1.82, 2.24) is 4.57 Å². The Balaban J connectivity index is 1.22. The van der Waals surface area contributed by atoms with Gasteiger partial charge in [0, 0.05) is 40.4 Å². The lowest BCUT2D eigenvalue weighted by molar-refractivity contribution is -0.231. The van der Waals surface area contributed by atoms with Crippen molar-refractivity contribution < 1.29 is 33.7 Å². The van der Waals surface area contributed by atoms with Gasteiger partial charge in [-0.3, -0.25) is 9.59 Å². The molecule has 9 heteroatoms. The second-order valence-corrected chi connectivity index (χ2v) is 13.6. The van der Waals surface area contributed by atoms with Crippen molar-refractivity contribution in [1.29, 1.82) is 0 Å². The van der Waals surface area contributed by atoms with Crippen molar-refractivity contribution in [3.8, 4) is 0 Å². The fourth-order valence-electron chi connectivity index (χ4n) is 9.52. The third kappa shape index (κ3) is 3.62. The van der Waals surface area contributed by atoms with Crippen molar-refractivity contribution in [3.63, 3.8) is 0 Å². The largest absolute Gasteiger partial charge is 0.399 e. The van der Waals surface area contributed by atoms with Crippen LogP contribution in [-0.2, 0) is 19.1 Å². The zero-order chi connectivity index (χ0) is 30.5. The molecule has 4 fully saturated rings. The van der Waals surface area contributed by atoms with E-state index < -0.39 is 58.9 Å². The number of anilines is 1. The molecule has 10 atom stereocenters. The van der Waals surface area contributed by atoms with Crippen LogP contribution in [0.3, 0.4) is 0 Å². The number of benzene rings is 1. The standard InChI is InChI=1S/C34H39FN2O6/c1-19(20-5-4-6-23(36)13-20)37-12-10-21(17-37)30-42-29-15-26-25-8-7-22-14-24(39)9-11-31(22,2)33(25,35)27(40)16-32(26,3)34(29,43-30)28(41)18-38/h4-6,9-14,17,19,25-27,29-30,38,40H,7-8,15-16,18,36H2,1-3H3/t19-,25+,26+,27+,29-,30-,31+,32+,33+,34-/m1/s1. The number of ketones is 2. The average molecular weight is 591 g/mol. The number of fused-ring (bicyclic) bond motifs is 7. The van der Waals surface area contributed by atoms with Gasteiger partial charge in [-0.2, -0.15) is 0 Å². The molecule has 2 aromatic rings. The van der Waals surface area contributed by atoms with Gasteiger partial charge in [-0.05, 0) is 81.4 Å². The van der Waals surface area contributed by atoms with Crippen molar-refractivity contribution in [2.45, 2.75) is 82.3 Å².